The number of rotatable bonds is 5. The van der Waals surface area contributed by atoms with Crippen LogP contribution < -0.4 is 10.2 Å². The maximum atomic E-state index is 12.6. The highest BCUT2D eigenvalue weighted by molar-refractivity contribution is 6.30. The Bertz CT molecular complexity index is 909. The molecule has 2 aromatic carbocycles. The third-order valence-electron chi connectivity index (χ3n) is 4.03. The number of carbonyl (C=O) groups excluding carboxylic acids is 1. The second-order valence-corrected chi connectivity index (χ2v) is 6.41. The molecule has 5 heteroatoms. The lowest BCUT2D eigenvalue weighted by Gasteiger charge is -2.23. The molecule has 0 saturated carbocycles. The molecule has 26 heavy (non-hydrogen) atoms. The smallest absolute Gasteiger partial charge is 0.257 e. The largest absolute Gasteiger partial charge is 0.340 e. The molecule has 4 nitrogen and oxygen atoms in total. The van der Waals surface area contributed by atoms with E-state index in [1.54, 1.807) is 36.7 Å². The van der Waals surface area contributed by atoms with Crippen molar-refractivity contribution in [3.63, 3.8) is 0 Å². The zero-order valence-corrected chi connectivity index (χ0v) is 15.5. The molecule has 3 aromatic rings. The van der Waals surface area contributed by atoms with Crippen molar-refractivity contribution in [2.24, 2.45) is 0 Å². The van der Waals surface area contributed by atoms with Gasteiger partial charge in [0.2, 0.25) is 0 Å². The average Bonchev–Trinajstić information content (AvgIpc) is 2.65. The Morgan fingerprint density at radius 2 is 1.85 bits per heavy atom. The van der Waals surface area contributed by atoms with Crippen LogP contribution in [-0.4, -0.2) is 17.4 Å². The van der Waals surface area contributed by atoms with Gasteiger partial charge in [-0.3, -0.25) is 9.78 Å². The van der Waals surface area contributed by atoms with Gasteiger partial charge in [-0.15, -0.1) is 0 Å². The van der Waals surface area contributed by atoms with Crippen LogP contribution in [0.4, 0.5) is 17.1 Å². The van der Waals surface area contributed by atoms with Gasteiger partial charge in [-0.1, -0.05) is 23.7 Å². The number of benzene rings is 2. The van der Waals surface area contributed by atoms with E-state index in [2.05, 4.69) is 47.2 Å². The van der Waals surface area contributed by atoms with Gasteiger partial charge in [-0.05, 0) is 61.9 Å². The zero-order chi connectivity index (χ0) is 18.5. The van der Waals surface area contributed by atoms with Crippen LogP contribution in [0.2, 0.25) is 5.02 Å². The molecular weight excluding hydrogens is 346 g/mol. The molecule has 1 amide bonds. The lowest BCUT2D eigenvalue weighted by atomic mass is 10.1. The van der Waals surface area contributed by atoms with E-state index in [9.17, 15) is 4.79 Å². The van der Waals surface area contributed by atoms with Crippen LogP contribution in [-0.2, 0) is 0 Å². The summed E-state index contributed by atoms with van der Waals surface area (Å²) in [6.07, 6.45) is 3.34. The Balaban J connectivity index is 1.84. The minimum Gasteiger partial charge on any atom is -0.340 e. The van der Waals surface area contributed by atoms with Crippen LogP contribution in [0, 0.1) is 6.92 Å². The van der Waals surface area contributed by atoms with Gasteiger partial charge < -0.3 is 10.2 Å². The molecule has 0 aliphatic carbocycles. The first-order valence-electron chi connectivity index (χ1n) is 8.43. The summed E-state index contributed by atoms with van der Waals surface area (Å²) in [6.45, 7) is 4.90. The molecule has 0 atom stereocenters. The van der Waals surface area contributed by atoms with Crippen molar-refractivity contribution < 1.29 is 4.79 Å². The number of carbonyl (C=O) groups is 1. The minimum atomic E-state index is -0.207. The molecule has 0 aliphatic rings. The number of amides is 1. The number of hydrogen-bond donors (Lipinski definition) is 1. The maximum absolute atomic E-state index is 12.6. The van der Waals surface area contributed by atoms with Gasteiger partial charge in [-0.25, -0.2) is 0 Å². The van der Waals surface area contributed by atoms with Gasteiger partial charge in [0.15, 0.2) is 0 Å². The van der Waals surface area contributed by atoms with Crippen molar-refractivity contribution in [1.29, 1.82) is 0 Å². The van der Waals surface area contributed by atoms with Gasteiger partial charge in [0, 0.05) is 29.1 Å². The fraction of sp³-hybridized carbons (Fsp3) is 0.143. The van der Waals surface area contributed by atoms with Crippen LogP contribution in [0.15, 0.2) is 67.0 Å². The van der Waals surface area contributed by atoms with E-state index in [-0.39, 0.29) is 5.91 Å². The van der Waals surface area contributed by atoms with E-state index in [4.69, 9.17) is 11.6 Å². The summed E-state index contributed by atoms with van der Waals surface area (Å²) in [7, 11) is 0. The van der Waals surface area contributed by atoms with E-state index in [0.717, 1.165) is 17.9 Å². The van der Waals surface area contributed by atoms with Crippen LogP contribution in [0.1, 0.15) is 22.8 Å². The van der Waals surface area contributed by atoms with E-state index in [0.29, 0.717) is 16.3 Å². The van der Waals surface area contributed by atoms with Crippen molar-refractivity contribution in [3.8, 4) is 0 Å². The Labute approximate surface area is 158 Å². The number of nitrogens with zero attached hydrogens (tertiary/aromatic N) is 2. The fourth-order valence-corrected chi connectivity index (χ4v) is 2.87. The van der Waals surface area contributed by atoms with Crippen LogP contribution in [0.25, 0.3) is 0 Å². The van der Waals surface area contributed by atoms with Crippen LogP contribution in [0.3, 0.4) is 0 Å². The van der Waals surface area contributed by atoms with Crippen LogP contribution in [0.5, 0.6) is 0 Å². The van der Waals surface area contributed by atoms with E-state index in [1.165, 1.54) is 5.56 Å². The Hall–Kier alpha value is -2.85. The predicted molar refractivity (Wildman–Crippen MR) is 108 cm³/mol. The number of hydrogen-bond acceptors (Lipinski definition) is 3. The highest BCUT2D eigenvalue weighted by Gasteiger charge is 2.12. The number of anilines is 3. The summed E-state index contributed by atoms with van der Waals surface area (Å²) in [5, 5.41) is 3.49. The zero-order valence-electron chi connectivity index (χ0n) is 14.7. The lowest BCUT2D eigenvalue weighted by molar-refractivity contribution is 0.102. The third kappa shape index (κ3) is 4.21. The molecule has 0 fully saturated rings. The highest BCUT2D eigenvalue weighted by atomic mass is 35.5. The Kier molecular flexibility index (Phi) is 5.54. The summed E-state index contributed by atoms with van der Waals surface area (Å²) >= 11 is 5.88. The number of aryl methyl sites for hydroxylation is 1. The first kappa shape index (κ1) is 18.0. The van der Waals surface area contributed by atoms with Crippen molar-refractivity contribution in [2.45, 2.75) is 13.8 Å². The third-order valence-corrected chi connectivity index (χ3v) is 4.28. The fourth-order valence-electron chi connectivity index (χ4n) is 2.75. The first-order chi connectivity index (χ1) is 12.6. The van der Waals surface area contributed by atoms with E-state index >= 15 is 0 Å². The molecule has 0 saturated heterocycles. The molecular formula is C21H20ClN3O. The Morgan fingerprint density at radius 1 is 1.08 bits per heavy atom. The quantitative estimate of drug-likeness (QED) is 0.653. The summed E-state index contributed by atoms with van der Waals surface area (Å²) in [5.74, 6) is -0.207. The second kappa shape index (κ2) is 8.02. The van der Waals surface area contributed by atoms with Crippen LogP contribution >= 0.6 is 11.6 Å². The average molecular weight is 366 g/mol. The molecule has 0 bridgehead atoms. The molecule has 0 aliphatic heterocycles. The van der Waals surface area contributed by atoms with Gasteiger partial charge >= 0.3 is 0 Å². The second-order valence-electron chi connectivity index (χ2n) is 5.98. The van der Waals surface area contributed by atoms with Crippen molar-refractivity contribution >= 4 is 34.6 Å². The monoisotopic (exact) mass is 365 g/mol. The normalized spacial score (nSPS) is 10.4. The number of nitrogens with one attached hydrogen (secondary N) is 1. The molecule has 1 N–H and O–H groups in total. The molecule has 3 rings (SSSR count). The number of halogens is 1. The first-order valence-corrected chi connectivity index (χ1v) is 8.81. The van der Waals surface area contributed by atoms with Crippen molar-refractivity contribution in [1.82, 2.24) is 4.98 Å². The maximum Gasteiger partial charge on any atom is 0.257 e. The number of aromatic nitrogens is 1. The summed E-state index contributed by atoms with van der Waals surface area (Å²) in [4.78, 5) is 18.9. The van der Waals surface area contributed by atoms with E-state index in [1.807, 2.05) is 12.1 Å². The molecule has 1 aromatic heterocycles. The van der Waals surface area contributed by atoms with Crippen molar-refractivity contribution in [2.75, 3.05) is 16.8 Å². The predicted octanol–water partition coefficient (Wildman–Crippen LogP) is 5.45. The lowest BCUT2D eigenvalue weighted by Crippen LogP contribution is -2.18. The summed E-state index contributed by atoms with van der Waals surface area (Å²) < 4.78 is 0. The molecule has 132 valence electrons. The minimum absolute atomic E-state index is 0.207. The molecule has 0 spiro atoms. The van der Waals surface area contributed by atoms with E-state index < -0.39 is 0 Å². The number of pyridine rings is 1. The summed E-state index contributed by atoms with van der Waals surface area (Å²) in [5.41, 5.74) is 4.33. The van der Waals surface area contributed by atoms with Crippen molar-refractivity contribution in [3.05, 3.63) is 83.1 Å². The topological polar surface area (TPSA) is 45.2 Å². The van der Waals surface area contributed by atoms with Gasteiger partial charge in [-0.2, -0.15) is 0 Å². The van der Waals surface area contributed by atoms with Gasteiger partial charge in [0.1, 0.15) is 0 Å². The highest BCUT2D eigenvalue weighted by Crippen LogP contribution is 2.26. The standard InChI is InChI=1S/C21H20ClN3O/c1-3-25(19-6-4-5-15(2)11-19)20-12-16(13-23-14-20)21(26)24-18-9-7-17(22)8-10-18/h4-14H,3H2,1-2H3,(H,24,26). The summed E-state index contributed by atoms with van der Waals surface area (Å²) in [6, 6.07) is 17.1. The molecule has 0 unspecified atom stereocenters. The SMILES string of the molecule is CCN(c1cccc(C)c1)c1cncc(C(=O)Nc2ccc(Cl)cc2)c1. The van der Waals surface area contributed by atoms with Gasteiger partial charge in [0.05, 0.1) is 17.4 Å². The molecule has 1 heterocycles. The Morgan fingerprint density at radius 3 is 2.54 bits per heavy atom. The molecule has 0 radical (unpaired) electrons. The van der Waals surface area contributed by atoms with Gasteiger partial charge in [0.25, 0.3) is 5.91 Å².